The van der Waals surface area contributed by atoms with Gasteiger partial charge < -0.3 is 15.2 Å². The molecule has 2 N–H and O–H groups in total. The minimum absolute atomic E-state index is 0.0766. The van der Waals surface area contributed by atoms with Gasteiger partial charge in [0.05, 0.1) is 12.0 Å². The maximum atomic E-state index is 11.4. The molecule has 0 radical (unpaired) electrons. The van der Waals surface area contributed by atoms with Gasteiger partial charge in [0.2, 0.25) is 0 Å². The molecule has 20 heavy (non-hydrogen) atoms. The summed E-state index contributed by atoms with van der Waals surface area (Å²) in [5.41, 5.74) is 5.04. The molecular formula is C13H18N2O5. The maximum Gasteiger partial charge on any atom is 0.329 e. The van der Waals surface area contributed by atoms with E-state index in [1.807, 2.05) is 6.92 Å². The number of nitro benzene ring substituents is 1. The standard InChI is InChI=1S/C13H18N2O5/c1-4-9-5-6-11(10(7-9)15(17)18)20-8-13(2,14)12(16)19-3/h5-7H,4,8,14H2,1-3H3. The number of methoxy groups -OCH3 is 1. The van der Waals surface area contributed by atoms with Crippen molar-refractivity contribution in [2.75, 3.05) is 13.7 Å². The molecule has 0 spiro atoms. The van der Waals surface area contributed by atoms with Crippen LogP contribution < -0.4 is 10.5 Å². The molecule has 1 aromatic carbocycles. The summed E-state index contributed by atoms with van der Waals surface area (Å²) in [5, 5.41) is 11.0. The number of hydrogen-bond donors (Lipinski definition) is 1. The van der Waals surface area contributed by atoms with Gasteiger partial charge in [0.15, 0.2) is 5.75 Å². The van der Waals surface area contributed by atoms with Gasteiger partial charge in [-0.2, -0.15) is 0 Å². The first-order chi connectivity index (χ1) is 9.31. The maximum absolute atomic E-state index is 11.4. The number of carbonyl (C=O) groups excluding carboxylic acids is 1. The first-order valence-electron chi connectivity index (χ1n) is 6.09. The zero-order valence-corrected chi connectivity index (χ0v) is 11.7. The monoisotopic (exact) mass is 282 g/mol. The topological polar surface area (TPSA) is 105 Å². The smallest absolute Gasteiger partial charge is 0.329 e. The van der Waals surface area contributed by atoms with Crippen molar-refractivity contribution in [3.8, 4) is 5.75 Å². The van der Waals surface area contributed by atoms with Gasteiger partial charge in [-0.25, -0.2) is 4.79 Å². The molecule has 0 amide bonds. The lowest BCUT2D eigenvalue weighted by atomic mass is 10.1. The minimum atomic E-state index is -1.37. The fourth-order valence-corrected chi connectivity index (χ4v) is 1.57. The molecule has 1 atom stereocenters. The van der Waals surface area contributed by atoms with Gasteiger partial charge in [0.25, 0.3) is 0 Å². The number of ether oxygens (including phenoxy) is 2. The van der Waals surface area contributed by atoms with E-state index in [2.05, 4.69) is 4.74 Å². The highest BCUT2D eigenvalue weighted by atomic mass is 16.6. The molecule has 1 aromatic rings. The predicted octanol–water partition coefficient (Wildman–Crippen LogP) is 1.43. The Morgan fingerprint density at radius 1 is 1.50 bits per heavy atom. The second-order valence-electron chi connectivity index (χ2n) is 4.61. The van der Waals surface area contributed by atoms with Crippen LogP contribution in [0.2, 0.25) is 0 Å². The largest absolute Gasteiger partial charge is 0.484 e. The molecule has 0 saturated carbocycles. The molecule has 0 bridgehead atoms. The normalized spacial score (nSPS) is 13.4. The molecule has 7 heteroatoms. The van der Waals surface area contributed by atoms with Gasteiger partial charge in [0, 0.05) is 6.07 Å². The second-order valence-corrected chi connectivity index (χ2v) is 4.61. The number of carbonyl (C=O) groups is 1. The summed E-state index contributed by atoms with van der Waals surface area (Å²) in [6, 6.07) is 4.68. The summed E-state index contributed by atoms with van der Waals surface area (Å²) in [6.45, 7) is 3.12. The number of rotatable bonds is 6. The molecule has 0 aliphatic heterocycles. The van der Waals surface area contributed by atoms with Crippen molar-refractivity contribution >= 4 is 11.7 Å². The average Bonchev–Trinajstić information content (AvgIpc) is 2.43. The molecular weight excluding hydrogens is 264 g/mol. The number of nitro groups is 1. The van der Waals surface area contributed by atoms with Crippen LogP contribution in [-0.2, 0) is 16.0 Å². The summed E-state index contributed by atoms with van der Waals surface area (Å²) >= 11 is 0. The van der Waals surface area contributed by atoms with Gasteiger partial charge in [-0.1, -0.05) is 13.0 Å². The highest BCUT2D eigenvalue weighted by molar-refractivity contribution is 5.80. The van der Waals surface area contributed by atoms with Crippen LogP contribution in [0.4, 0.5) is 5.69 Å². The van der Waals surface area contributed by atoms with Gasteiger partial charge in [-0.15, -0.1) is 0 Å². The lowest BCUT2D eigenvalue weighted by Gasteiger charge is -2.21. The summed E-state index contributed by atoms with van der Waals surface area (Å²) < 4.78 is 9.86. The molecule has 0 heterocycles. The Hall–Kier alpha value is -2.15. The highest BCUT2D eigenvalue weighted by Gasteiger charge is 2.31. The number of aryl methyl sites for hydroxylation is 1. The molecule has 1 unspecified atom stereocenters. The molecule has 0 saturated heterocycles. The van der Waals surface area contributed by atoms with Crippen LogP contribution in [0, 0.1) is 10.1 Å². The molecule has 1 rings (SSSR count). The Morgan fingerprint density at radius 3 is 2.65 bits per heavy atom. The fourth-order valence-electron chi connectivity index (χ4n) is 1.57. The third-order valence-corrected chi connectivity index (χ3v) is 2.81. The van der Waals surface area contributed by atoms with E-state index in [1.54, 1.807) is 6.07 Å². The van der Waals surface area contributed by atoms with Crippen LogP contribution in [0.25, 0.3) is 0 Å². The van der Waals surface area contributed by atoms with Gasteiger partial charge >= 0.3 is 11.7 Å². The fraction of sp³-hybridized carbons (Fsp3) is 0.462. The third-order valence-electron chi connectivity index (χ3n) is 2.81. The van der Waals surface area contributed by atoms with E-state index in [9.17, 15) is 14.9 Å². The van der Waals surface area contributed by atoms with Gasteiger partial charge in [0.1, 0.15) is 12.1 Å². The zero-order valence-electron chi connectivity index (χ0n) is 11.7. The van der Waals surface area contributed by atoms with E-state index in [4.69, 9.17) is 10.5 Å². The van der Waals surface area contributed by atoms with Crippen LogP contribution >= 0.6 is 0 Å². The summed E-state index contributed by atoms with van der Waals surface area (Å²) in [6.07, 6.45) is 0.678. The van der Waals surface area contributed by atoms with Gasteiger partial charge in [-0.05, 0) is 25.0 Å². The molecule has 0 fully saturated rings. The lowest BCUT2D eigenvalue weighted by molar-refractivity contribution is -0.386. The lowest BCUT2D eigenvalue weighted by Crippen LogP contribution is -2.50. The van der Waals surface area contributed by atoms with Crippen molar-refractivity contribution in [1.29, 1.82) is 0 Å². The molecule has 7 nitrogen and oxygen atoms in total. The zero-order chi connectivity index (χ0) is 15.3. The van der Waals surface area contributed by atoms with Crippen molar-refractivity contribution in [3.05, 3.63) is 33.9 Å². The van der Waals surface area contributed by atoms with Crippen LogP contribution in [0.3, 0.4) is 0 Å². The average molecular weight is 282 g/mol. The van der Waals surface area contributed by atoms with Crippen LogP contribution in [0.5, 0.6) is 5.75 Å². The number of benzene rings is 1. The van der Waals surface area contributed by atoms with Crippen molar-refractivity contribution in [1.82, 2.24) is 0 Å². The van der Waals surface area contributed by atoms with Crippen LogP contribution in [0.15, 0.2) is 18.2 Å². The van der Waals surface area contributed by atoms with Crippen LogP contribution in [0.1, 0.15) is 19.4 Å². The van der Waals surface area contributed by atoms with E-state index in [0.29, 0.717) is 6.42 Å². The van der Waals surface area contributed by atoms with Crippen molar-refractivity contribution < 1.29 is 19.2 Å². The van der Waals surface area contributed by atoms with Crippen LogP contribution in [-0.4, -0.2) is 30.1 Å². The Labute approximate surface area is 116 Å². The van der Waals surface area contributed by atoms with Crippen molar-refractivity contribution in [2.24, 2.45) is 5.73 Å². The number of nitrogens with zero attached hydrogens (tertiary/aromatic N) is 1. The molecule has 0 aliphatic rings. The first kappa shape index (κ1) is 15.9. The number of hydrogen-bond acceptors (Lipinski definition) is 6. The Morgan fingerprint density at radius 2 is 2.15 bits per heavy atom. The molecule has 110 valence electrons. The number of esters is 1. The molecule has 0 aliphatic carbocycles. The Kier molecular flexibility index (Phi) is 5.04. The Balaban J connectivity index is 2.93. The van der Waals surface area contributed by atoms with Crippen molar-refractivity contribution in [3.63, 3.8) is 0 Å². The predicted molar refractivity (Wildman–Crippen MR) is 72.6 cm³/mol. The van der Waals surface area contributed by atoms with E-state index < -0.39 is 16.4 Å². The first-order valence-corrected chi connectivity index (χ1v) is 6.09. The summed E-state index contributed by atoms with van der Waals surface area (Å²) in [7, 11) is 1.21. The van der Waals surface area contributed by atoms with E-state index in [0.717, 1.165) is 5.56 Å². The quantitative estimate of drug-likeness (QED) is 0.480. The van der Waals surface area contributed by atoms with E-state index in [-0.39, 0.29) is 18.0 Å². The summed E-state index contributed by atoms with van der Waals surface area (Å²) in [5.74, 6) is -0.571. The number of nitrogens with two attached hydrogens (primary N) is 1. The second kappa shape index (κ2) is 6.33. The molecule has 0 aromatic heterocycles. The van der Waals surface area contributed by atoms with Crippen molar-refractivity contribution in [2.45, 2.75) is 25.8 Å². The SMILES string of the molecule is CCc1ccc(OCC(C)(N)C(=O)OC)c([N+](=O)[O-])c1. The third kappa shape index (κ3) is 3.67. The van der Waals surface area contributed by atoms with Gasteiger partial charge in [-0.3, -0.25) is 10.1 Å². The Bertz CT molecular complexity index is 513. The van der Waals surface area contributed by atoms with E-state index >= 15 is 0 Å². The summed E-state index contributed by atoms with van der Waals surface area (Å²) in [4.78, 5) is 21.9. The highest BCUT2D eigenvalue weighted by Crippen LogP contribution is 2.28. The van der Waals surface area contributed by atoms with E-state index in [1.165, 1.54) is 26.2 Å². The minimum Gasteiger partial charge on any atom is -0.484 e.